The van der Waals surface area contributed by atoms with E-state index in [2.05, 4.69) is 205 Å². The summed E-state index contributed by atoms with van der Waals surface area (Å²) in [7, 11) is 0. The van der Waals surface area contributed by atoms with Gasteiger partial charge in [0.15, 0.2) is 17.5 Å². The van der Waals surface area contributed by atoms with Crippen molar-refractivity contribution in [2.24, 2.45) is 0 Å². The Balaban J connectivity index is 1.20. The molecule has 9 aromatic carbocycles. The second kappa shape index (κ2) is 13.6. The van der Waals surface area contributed by atoms with Gasteiger partial charge in [-0.15, -0.1) is 0 Å². The van der Waals surface area contributed by atoms with Gasteiger partial charge in [-0.25, -0.2) is 15.0 Å². The minimum absolute atomic E-state index is 0.605. The molecule has 0 saturated heterocycles. The first-order valence-corrected chi connectivity index (χ1v) is 19.3. The Labute approximate surface area is 330 Å². The van der Waals surface area contributed by atoms with Crippen LogP contribution in [0.15, 0.2) is 206 Å². The molecule has 0 saturated carbocycles. The number of para-hydroxylation sites is 2. The molecule has 4 nitrogen and oxygen atoms in total. The van der Waals surface area contributed by atoms with Crippen molar-refractivity contribution < 1.29 is 0 Å². The van der Waals surface area contributed by atoms with Gasteiger partial charge < -0.3 is 4.57 Å². The molecule has 0 aliphatic rings. The Bertz CT molecular complexity index is 3240. The van der Waals surface area contributed by atoms with Crippen LogP contribution in [0, 0.1) is 0 Å². The van der Waals surface area contributed by atoms with E-state index in [1.807, 2.05) is 6.07 Å². The normalized spacial score (nSPS) is 11.5. The van der Waals surface area contributed by atoms with E-state index in [1.165, 1.54) is 26.9 Å². The molecule has 0 N–H and O–H groups in total. The number of fused-ring (bicyclic) bond motifs is 6. The second-order valence-electron chi connectivity index (χ2n) is 14.4. The highest BCUT2D eigenvalue weighted by Crippen LogP contribution is 2.39. The van der Waals surface area contributed by atoms with E-state index in [4.69, 9.17) is 15.0 Å². The number of hydrogen-bond acceptors (Lipinski definition) is 3. The Kier molecular flexibility index (Phi) is 7.78. The van der Waals surface area contributed by atoms with E-state index >= 15 is 0 Å². The fraction of sp³-hybridized carbons (Fsp3) is 0. The Hall–Kier alpha value is -7.69. The summed E-state index contributed by atoms with van der Waals surface area (Å²) in [6.07, 6.45) is 0. The highest BCUT2D eigenvalue weighted by atomic mass is 15.1. The molecule has 0 bridgehead atoms. The molecular formula is C53H34N4. The number of nitrogens with zero attached hydrogens (tertiary/aromatic N) is 4. The first-order chi connectivity index (χ1) is 28.3. The van der Waals surface area contributed by atoms with Crippen molar-refractivity contribution in [1.29, 1.82) is 0 Å². The summed E-state index contributed by atoms with van der Waals surface area (Å²) in [5, 5.41) is 7.17. The minimum atomic E-state index is 0.605. The zero-order chi connectivity index (χ0) is 37.7. The standard InChI is InChI=1S/C53H34N4/c1-3-15-35(16-4-1)38-29-32-47(50(34-38)57-48-25-13-11-22-44(48)45-23-12-14-26-49(45)57)53-55-51(40-30-31-43-39(33-40)28-27-37-19-7-8-20-41(37)43)54-52(56-53)46-24-10-9-21-42(46)36-17-5-2-6-18-36/h1-34H. The zero-order valence-corrected chi connectivity index (χ0v) is 30.9. The van der Waals surface area contributed by atoms with Gasteiger partial charge in [-0.1, -0.05) is 176 Å². The number of rotatable bonds is 6. The molecule has 11 rings (SSSR count). The van der Waals surface area contributed by atoms with Gasteiger partial charge in [0, 0.05) is 27.5 Å². The van der Waals surface area contributed by atoms with Crippen LogP contribution < -0.4 is 0 Å². The van der Waals surface area contributed by atoms with E-state index in [1.54, 1.807) is 0 Å². The van der Waals surface area contributed by atoms with E-state index in [0.717, 1.165) is 61.1 Å². The van der Waals surface area contributed by atoms with Crippen LogP contribution in [0.4, 0.5) is 0 Å². The summed E-state index contributed by atoms with van der Waals surface area (Å²) in [6.45, 7) is 0. The minimum Gasteiger partial charge on any atom is -0.308 e. The Morgan fingerprint density at radius 2 is 0.807 bits per heavy atom. The average molecular weight is 727 g/mol. The molecule has 4 heteroatoms. The predicted molar refractivity (Wildman–Crippen MR) is 236 cm³/mol. The first kappa shape index (κ1) is 32.7. The maximum Gasteiger partial charge on any atom is 0.166 e. The SMILES string of the molecule is c1ccc(-c2ccc(-c3nc(-c4ccc5c(ccc6ccccc65)c4)nc(-c4ccccc4-c4ccccc4)n3)c(-n3c4ccccc4c4ccccc43)c2)cc1. The van der Waals surface area contributed by atoms with Crippen molar-refractivity contribution in [3.8, 4) is 62.1 Å². The van der Waals surface area contributed by atoms with Crippen LogP contribution in [0.3, 0.4) is 0 Å². The van der Waals surface area contributed by atoms with Crippen molar-refractivity contribution in [2.75, 3.05) is 0 Å². The van der Waals surface area contributed by atoms with Gasteiger partial charge in [0.1, 0.15) is 0 Å². The maximum absolute atomic E-state index is 5.39. The van der Waals surface area contributed by atoms with E-state index < -0.39 is 0 Å². The summed E-state index contributed by atoms with van der Waals surface area (Å²) >= 11 is 0. The van der Waals surface area contributed by atoms with Crippen LogP contribution >= 0.6 is 0 Å². The molecule has 57 heavy (non-hydrogen) atoms. The Morgan fingerprint density at radius 1 is 0.281 bits per heavy atom. The lowest BCUT2D eigenvalue weighted by Gasteiger charge is -2.17. The number of aromatic nitrogens is 4. The lowest BCUT2D eigenvalue weighted by molar-refractivity contribution is 1.07. The molecule has 0 amide bonds. The summed E-state index contributed by atoms with van der Waals surface area (Å²) < 4.78 is 2.37. The molecule has 0 radical (unpaired) electrons. The largest absolute Gasteiger partial charge is 0.308 e. The van der Waals surface area contributed by atoms with E-state index in [-0.39, 0.29) is 0 Å². The van der Waals surface area contributed by atoms with Gasteiger partial charge in [-0.3, -0.25) is 0 Å². The highest BCUT2D eigenvalue weighted by molar-refractivity contribution is 6.10. The first-order valence-electron chi connectivity index (χ1n) is 19.3. The van der Waals surface area contributed by atoms with Crippen molar-refractivity contribution in [3.05, 3.63) is 206 Å². The molecule has 266 valence electrons. The van der Waals surface area contributed by atoms with Gasteiger partial charge in [0.2, 0.25) is 0 Å². The molecule has 0 aliphatic carbocycles. The fourth-order valence-corrected chi connectivity index (χ4v) is 8.34. The topological polar surface area (TPSA) is 43.6 Å². The van der Waals surface area contributed by atoms with Gasteiger partial charge in [0.25, 0.3) is 0 Å². The van der Waals surface area contributed by atoms with E-state index in [0.29, 0.717) is 17.5 Å². The van der Waals surface area contributed by atoms with Crippen LogP contribution in [0.1, 0.15) is 0 Å². The third-order valence-corrected chi connectivity index (χ3v) is 11.1. The highest BCUT2D eigenvalue weighted by Gasteiger charge is 2.21. The molecule has 0 spiro atoms. The smallest absolute Gasteiger partial charge is 0.166 e. The van der Waals surface area contributed by atoms with Crippen LogP contribution in [0.25, 0.3) is 105 Å². The number of hydrogen-bond donors (Lipinski definition) is 0. The molecule has 0 unspecified atom stereocenters. The van der Waals surface area contributed by atoms with E-state index in [9.17, 15) is 0 Å². The molecule has 11 aromatic rings. The zero-order valence-electron chi connectivity index (χ0n) is 30.9. The number of benzene rings is 9. The summed E-state index contributed by atoms with van der Waals surface area (Å²) in [5.74, 6) is 1.84. The second-order valence-corrected chi connectivity index (χ2v) is 14.4. The van der Waals surface area contributed by atoms with Crippen molar-refractivity contribution in [3.63, 3.8) is 0 Å². The molecule has 0 atom stereocenters. The maximum atomic E-state index is 5.39. The third-order valence-electron chi connectivity index (χ3n) is 11.1. The van der Waals surface area contributed by atoms with Crippen molar-refractivity contribution >= 4 is 43.4 Å². The fourth-order valence-electron chi connectivity index (χ4n) is 8.34. The van der Waals surface area contributed by atoms with Crippen molar-refractivity contribution in [2.45, 2.75) is 0 Å². The summed E-state index contributed by atoms with van der Waals surface area (Å²) in [6, 6.07) is 72.8. The lowest BCUT2D eigenvalue weighted by atomic mass is 9.98. The molecule has 2 aromatic heterocycles. The monoisotopic (exact) mass is 726 g/mol. The third kappa shape index (κ3) is 5.66. The van der Waals surface area contributed by atoms with Gasteiger partial charge in [-0.05, 0) is 74.1 Å². The molecule has 0 aliphatic heterocycles. The molecule has 0 fully saturated rings. The van der Waals surface area contributed by atoms with Crippen molar-refractivity contribution in [1.82, 2.24) is 19.5 Å². The summed E-state index contributed by atoms with van der Waals surface area (Å²) in [4.78, 5) is 16.0. The van der Waals surface area contributed by atoms with Gasteiger partial charge >= 0.3 is 0 Å². The average Bonchev–Trinajstić information content (AvgIpc) is 3.63. The van der Waals surface area contributed by atoms with Gasteiger partial charge in [0.05, 0.1) is 16.7 Å². The Morgan fingerprint density at radius 3 is 1.54 bits per heavy atom. The van der Waals surface area contributed by atoms with Crippen LogP contribution in [0.2, 0.25) is 0 Å². The van der Waals surface area contributed by atoms with Crippen LogP contribution in [-0.4, -0.2) is 19.5 Å². The quantitative estimate of drug-likeness (QED) is 0.160. The molecule has 2 heterocycles. The van der Waals surface area contributed by atoms with Gasteiger partial charge in [-0.2, -0.15) is 0 Å². The van der Waals surface area contributed by atoms with Crippen LogP contribution in [0.5, 0.6) is 0 Å². The lowest BCUT2D eigenvalue weighted by Crippen LogP contribution is -2.04. The van der Waals surface area contributed by atoms with Crippen LogP contribution in [-0.2, 0) is 0 Å². The predicted octanol–water partition coefficient (Wildman–Crippen LogP) is 13.6. The molecular weight excluding hydrogens is 693 g/mol. The summed E-state index contributed by atoms with van der Waals surface area (Å²) in [5.41, 5.74) is 10.4.